The Balaban J connectivity index is 2.64. The van der Waals surface area contributed by atoms with E-state index in [1.807, 2.05) is 19.9 Å². The van der Waals surface area contributed by atoms with Crippen LogP contribution < -0.4 is 0 Å². The van der Waals surface area contributed by atoms with E-state index in [0.717, 1.165) is 5.57 Å². The van der Waals surface area contributed by atoms with Gasteiger partial charge in [-0.2, -0.15) is 0 Å². The molecule has 1 aliphatic rings. The molecule has 0 bridgehead atoms. The summed E-state index contributed by atoms with van der Waals surface area (Å²) < 4.78 is 5.14. The Hall–Kier alpha value is -0.830. The number of carboxylic acid groups (broad SMARTS) is 1. The summed E-state index contributed by atoms with van der Waals surface area (Å²) >= 11 is 0. The number of aliphatic carboxylic acids is 1. The molecule has 0 aromatic rings. The number of hydrogen-bond donors (Lipinski definition) is 1. The summed E-state index contributed by atoms with van der Waals surface area (Å²) in [5, 5.41) is 8.62. The summed E-state index contributed by atoms with van der Waals surface area (Å²) in [6, 6.07) is 0. The van der Waals surface area contributed by atoms with Crippen LogP contribution in [0.25, 0.3) is 0 Å². The Morgan fingerprint density at radius 3 is 2.91 bits per heavy atom. The van der Waals surface area contributed by atoms with Crippen molar-refractivity contribution in [1.29, 1.82) is 0 Å². The molecule has 3 heteroatoms. The zero-order valence-electron chi connectivity index (χ0n) is 6.70. The maximum atomic E-state index is 10.5. The van der Waals surface area contributed by atoms with Crippen molar-refractivity contribution in [1.82, 2.24) is 0 Å². The first kappa shape index (κ1) is 8.27. The fourth-order valence-corrected chi connectivity index (χ4v) is 1.25. The molecule has 0 fully saturated rings. The molecule has 3 nitrogen and oxygen atoms in total. The molecular formula is C8H12O3. The van der Waals surface area contributed by atoms with Crippen molar-refractivity contribution >= 4 is 5.97 Å². The van der Waals surface area contributed by atoms with Gasteiger partial charge in [0.1, 0.15) is 0 Å². The highest BCUT2D eigenvalue weighted by Crippen LogP contribution is 2.18. The molecule has 0 radical (unpaired) electrons. The molecule has 0 aromatic heterocycles. The molecule has 62 valence electrons. The van der Waals surface area contributed by atoms with Gasteiger partial charge in [-0.25, -0.2) is 4.79 Å². The average molecular weight is 156 g/mol. The lowest BCUT2D eigenvalue weighted by Gasteiger charge is -2.22. The molecular weight excluding hydrogens is 144 g/mol. The third-order valence-electron chi connectivity index (χ3n) is 1.68. The Bertz CT molecular complexity index is 196. The zero-order chi connectivity index (χ0) is 8.43. The Labute approximate surface area is 65.7 Å². The predicted molar refractivity (Wildman–Crippen MR) is 40.3 cm³/mol. The Morgan fingerprint density at radius 1 is 1.82 bits per heavy atom. The van der Waals surface area contributed by atoms with Crippen LogP contribution in [0, 0.1) is 0 Å². The minimum atomic E-state index is -0.871. The van der Waals surface area contributed by atoms with E-state index in [4.69, 9.17) is 9.84 Å². The number of carboxylic acids is 1. The second kappa shape index (κ2) is 3.05. The first-order valence-corrected chi connectivity index (χ1v) is 3.65. The van der Waals surface area contributed by atoms with Gasteiger partial charge in [-0.3, -0.25) is 0 Å². The Morgan fingerprint density at radius 2 is 2.45 bits per heavy atom. The van der Waals surface area contributed by atoms with Crippen LogP contribution in [0.1, 0.15) is 20.3 Å². The maximum Gasteiger partial charge on any atom is 0.333 e. The normalized spacial score (nSPS) is 31.3. The van der Waals surface area contributed by atoms with Crippen LogP contribution in [0.3, 0.4) is 0 Å². The molecule has 0 amide bonds. The maximum absolute atomic E-state index is 10.5. The fraction of sp³-hybridized carbons (Fsp3) is 0.625. The topological polar surface area (TPSA) is 46.5 Å². The lowest BCUT2D eigenvalue weighted by Crippen LogP contribution is -2.30. The van der Waals surface area contributed by atoms with Crippen molar-refractivity contribution < 1.29 is 14.6 Å². The van der Waals surface area contributed by atoms with Crippen LogP contribution in [0.15, 0.2) is 11.6 Å². The second-order valence-corrected chi connectivity index (χ2v) is 2.89. The predicted octanol–water partition coefficient (Wildman–Crippen LogP) is 1.19. The minimum absolute atomic E-state index is 0.0650. The van der Waals surface area contributed by atoms with E-state index in [-0.39, 0.29) is 6.10 Å². The van der Waals surface area contributed by atoms with E-state index in [1.54, 1.807) is 0 Å². The van der Waals surface area contributed by atoms with Crippen molar-refractivity contribution in [3.8, 4) is 0 Å². The average Bonchev–Trinajstić information content (AvgIpc) is 1.85. The molecule has 1 rings (SSSR count). The molecule has 2 atom stereocenters. The van der Waals surface area contributed by atoms with Crippen LogP contribution in [0.5, 0.6) is 0 Å². The van der Waals surface area contributed by atoms with E-state index in [2.05, 4.69) is 0 Å². The SMILES string of the molecule is CC1=C[C@H](C)O[C@@H](C(=O)O)C1. The molecule has 1 aliphatic heterocycles. The summed E-state index contributed by atoms with van der Waals surface area (Å²) in [7, 11) is 0. The first-order valence-electron chi connectivity index (χ1n) is 3.65. The molecule has 1 heterocycles. The van der Waals surface area contributed by atoms with Gasteiger partial charge in [0.15, 0.2) is 6.10 Å². The molecule has 0 aliphatic carbocycles. The van der Waals surface area contributed by atoms with E-state index in [1.165, 1.54) is 0 Å². The fourth-order valence-electron chi connectivity index (χ4n) is 1.25. The van der Waals surface area contributed by atoms with Crippen molar-refractivity contribution in [3.05, 3.63) is 11.6 Å². The highest BCUT2D eigenvalue weighted by atomic mass is 16.5. The van der Waals surface area contributed by atoms with Crippen molar-refractivity contribution in [2.45, 2.75) is 32.5 Å². The smallest absolute Gasteiger partial charge is 0.333 e. The third kappa shape index (κ3) is 2.05. The van der Waals surface area contributed by atoms with Gasteiger partial charge in [0.05, 0.1) is 6.10 Å². The third-order valence-corrected chi connectivity index (χ3v) is 1.68. The van der Waals surface area contributed by atoms with Crippen LogP contribution in [0.4, 0.5) is 0 Å². The number of rotatable bonds is 1. The minimum Gasteiger partial charge on any atom is -0.479 e. The highest BCUT2D eigenvalue weighted by molar-refractivity contribution is 5.73. The van der Waals surface area contributed by atoms with E-state index in [9.17, 15) is 4.79 Å². The summed E-state index contributed by atoms with van der Waals surface area (Å²) in [4.78, 5) is 10.5. The van der Waals surface area contributed by atoms with Gasteiger partial charge in [-0.1, -0.05) is 11.6 Å². The molecule has 0 unspecified atom stereocenters. The van der Waals surface area contributed by atoms with Gasteiger partial charge in [0.25, 0.3) is 0 Å². The molecule has 0 spiro atoms. The molecule has 0 saturated heterocycles. The lowest BCUT2D eigenvalue weighted by molar-refractivity contribution is -0.152. The van der Waals surface area contributed by atoms with E-state index < -0.39 is 12.1 Å². The van der Waals surface area contributed by atoms with Crippen LogP contribution in [-0.2, 0) is 9.53 Å². The van der Waals surface area contributed by atoms with Gasteiger partial charge in [0, 0.05) is 6.42 Å². The van der Waals surface area contributed by atoms with E-state index in [0.29, 0.717) is 6.42 Å². The van der Waals surface area contributed by atoms with Gasteiger partial charge in [-0.05, 0) is 13.8 Å². The first-order chi connectivity index (χ1) is 5.09. The number of carbonyl (C=O) groups is 1. The lowest BCUT2D eigenvalue weighted by atomic mass is 10.0. The van der Waals surface area contributed by atoms with Gasteiger partial charge >= 0.3 is 5.97 Å². The highest BCUT2D eigenvalue weighted by Gasteiger charge is 2.24. The zero-order valence-corrected chi connectivity index (χ0v) is 6.70. The van der Waals surface area contributed by atoms with Crippen LogP contribution >= 0.6 is 0 Å². The van der Waals surface area contributed by atoms with Gasteiger partial charge in [0.2, 0.25) is 0 Å². The molecule has 0 saturated carbocycles. The quantitative estimate of drug-likeness (QED) is 0.580. The monoisotopic (exact) mass is 156 g/mol. The van der Waals surface area contributed by atoms with Crippen LogP contribution in [-0.4, -0.2) is 23.3 Å². The van der Waals surface area contributed by atoms with E-state index >= 15 is 0 Å². The summed E-state index contributed by atoms with van der Waals surface area (Å²) in [6.45, 7) is 3.77. The van der Waals surface area contributed by atoms with Crippen molar-refractivity contribution in [2.75, 3.05) is 0 Å². The summed E-state index contributed by atoms with van der Waals surface area (Å²) in [6.07, 6.45) is 1.75. The van der Waals surface area contributed by atoms with Crippen molar-refractivity contribution in [2.24, 2.45) is 0 Å². The number of hydrogen-bond acceptors (Lipinski definition) is 2. The Kier molecular flexibility index (Phi) is 2.29. The summed E-state index contributed by atoms with van der Waals surface area (Å²) in [5.74, 6) is -0.871. The second-order valence-electron chi connectivity index (χ2n) is 2.89. The molecule has 11 heavy (non-hydrogen) atoms. The van der Waals surface area contributed by atoms with Gasteiger partial charge in [-0.15, -0.1) is 0 Å². The molecule has 0 aromatic carbocycles. The van der Waals surface area contributed by atoms with Crippen LogP contribution in [0.2, 0.25) is 0 Å². The number of ether oxygens (including phenoxy) is 1. The summed E-state index contributed by atoms with van der Waals surface area (Å²) in [5.41, 5.74) is 1.09. The standard InChI is InChI=1S/C8H12O3/c1-5-3-6(2)11-7(4-5)8(9)10/h3,6-7H,4H2,1-2H3,(H,9,10)/t6-,7+/m0/s1. The largest absolute Gasteiger partial charge is 0.479 e. The van der Waals surface area contributed by atoms with Crippen molar-refractivity contribution in [3.63, 3.8) is 0 Å². The molecule has 1 N–H and O–H groups in total. The van der Waals surface area contributed by atoms with Gasteiger partial charge < -0.3 is 9.84 Å².